The summed E-state index contributed by atoms with van der Waals surface area (Å²) in [5.41, 5.74) is 6.38. The SMILES string of the molecule is CCCC(C)Oc1c(Cl)cc(N)cc1C(=O)OCC. The lowest BCUT2D eigenvalue weighted by Crippen LogP contribution is -2.15. The predicted octanol–water partition coefficient (Wildman–Crippen LogP) is 3.67. The summed E-state index contributed by atoms with van der Waals surface area (Å²) in [4.78, 5) is 11.9. The van der Waals surface area contributed by atoms with Crippen molar-refractivity contribution in [2.45, 2.75) is 39.7 Å². The van der Waals surface area contributed by atoms with Gasteiger partial charge in [-0.2, -0.15) is 0 Å². The van der Waals surface area contributed by atoms with Crippen molar-refractivity contribution in [3.63, 3.8) is 0 Å². The number of benzene rings is 1. The van der Waals surface area contributed by atoms with Gasteiger partial charge in [0.25, 0.3) is 0 Å². The maximum absolute atomic E-state index is 11.9. The van der Waals surface area contributed by atoms with Crippen LogP contribution in [0.2, 0.25) is 5.02 Å². The van der Waals surface area contributed by atoms with Gasteiger partial charge in [-0.25, -0.2) is 4.79 Å². The maximum atomic E-state index is 11.9. The van der Waals surface area contributed by atoms with Crippen LogP contribution in [0.5, 0.6) is 5.75 Å². The first kappa shape index (κ1) is 15.6. The Kier molecular flexibility index (Phi) is 5.96. The average Bonchev–Trinajstić information content (AvgIpc) is 2.33. The Hall–Kier alpha value is -1.42. The molecule has 0 saturated heterocycles. The van der Waals surface area contributed by atoms with Gasteiger partial charge in [0, 0.05) is 5.69 Å². The lowest BCUT2D eigenvalue weighted by molar-refractivity contribution is 0.0519. The standard InChI is InChI=1S/C14H20ClNO3/c1-4-6-9(3)19-13-11(14(17)18-5-2)7-10(16)8-12(13)15/h7-9H,4-6,16H2,1-3H3. The highest BCUT2D eigenvalue weighted by Crippen LogP contribution is 2.33. The molecule has 19 heavy (non-hydrogen) atoms. The monoisotopic (exact) mass is 285 g/mol. The highest BCUT2D eigenvalue weighted by Gasteiger charge is 2.19. The lowest BCUT2D eigenvalue weighted by Gasteiger charge is -2.18. The summed E-state index contributed by atoms with van der Waals surface area (Å²) >= 11 is 6.11. The van der Waals surface area contributed by atoms with E-state index in [-0.39, 0.29) is 18.3 Å². The zero-order chi connectivity index (χ0) is 14.4. The minimum atomic E-state index is -0.476. The van der Waals surface area contributed by atoms with Gasteiger partial charge in [0.05, 0.1) is 17.7 Å². The Balaban J connectivity index is 3.09. The second-order valence-electron chi connectivity index (χ2n) is 4.32. The summed E-state index contributed by atoms with van der Waals surface area (Å²) in [6, 6.07) is 3.09. The third-order valence-corrected chi connectivity index (χ3v) is 2.86. The molecule has 1 aromatic carbocycles. The molecule has 1 rings (SSSR count). The smallest absolute Gasteiger partial charge is 0.342 e. The zero-order valence-corrected chi connectivity index (χ0v) is 12.3. The maximum Gasteiger partial charge on any atom is 0.342 e. The van der Waals surface area contributed by atoms with Crippen molar-refractivity contribution in [1.82, 2.24) is 0 Å². The number of nitrogens with two attached hydrogens (primary N) is 1. The summed E-state index contributed by atoms with van der Waals surface area (Å²) in [6.07, 6.45) is 1.84. The zero-order valence-electron chi connectivity index (χ0n) is 11.5. The van der Waals surface area contributed by atoms with Gasteiger partial charge in [0.15, 0.2) is 5.75 Å². The molecular formula is C14H20ClNO3. The van der Waals surface area contributed by atoms with Gasteiger partial charge < -0.3 is 15.2 Å². The highest BCUT2D eigenvalue weighted by atomic mass is 35.5. The second kappa shape index (κ2) is 7.24. The normalized spacial score (nSPS) is 12.0. The fraction of sp³-hybridized carbons (Fsp3) is 0.500. The first-order chi connectivity index (χ1) is 8.99. The number of esters is 1. The van der Waals surface area contributed by atoms with Gasteiger partial charge in [0.2, 0.25) is 0 Å². The van der Waals surface area contributed by atoms with Crippen LogP contribution in [0, 0.1) is 0 Å². The number of carbonyl (C=O) groups is 1. The number of hydrogen-bond donors (Lipinski definition) is 1. The molecule has 0 aliphatic carbocycles. The van der Waals surface area contributed by atoms with Crippen molar-refractivity contribution in [3.8, 4) is 5.75 Å². The summed E-state index contributed by atoms with van der Waals surface area (Å²) in [6.45, 7) is 6.03. The van der Waals surface area contributed by atoms with Gasteiger partial charge in [-0.3, -0.25) is 0 Å². The minimum Gasteiger partial charge on any atom is -0.488 e. The van der Waals surface area contributed by atoms with Crippen LogP contribution >= 0.6 is 11.6 Å². The van der Waals surface area contributed by atoms with Crippen LogP contribution in [-0.4, -0.2) is 18.7 Å². The molecule has 0 amide bonds. The predicted molar refractivity (Wildman–Crippen MR) is 76.8 cm³/mol. The number of hydrogen-bond acceptors (Lipinski definition) is 4. The van der Waals surface area contributed by atoms with Crippen LogP contribution in [0.25, 0.3) is 0 Å². The molecule has 2 N–H and O–H groups in total. The topological polar surface area (TPSA) is 61.5 Å². The largest absolute Gasteiger partial charge is 0.488 e. The molecule has 0 aliphatic heterocycles. The van der Waals surface area contributed by atoms with Crippen molar-refractivity contribution in [1.29, 1.82) is 0 Å². The molecule has 0 saturated carbocycles. The van der Waals surface area contributed by atoms with Crippen LogP contribution in [0.3, 0.4) is 0 Å². The van der Waals surface area contributed by atoms with Gasteiger partial charge in [-0.05, 0) is 32.4 Å². The number of ether oxygens (including phenoxy) is 2. The Morgan fingerprint density at radius 1 is 1.42 bits per heavy atom. The van der Waals surface area contributed by atoms with E-state index in [0.29, 0.717) is 16.5 Å². The molecule has 5 heteroatoms. The van der Waals surface area contributed by atoms with Crippen LogP contribution in [0.4, 0.5) is 5.69 Å². The third-order valence-electron chi connectivity index (χ3n) is 2.58. The van der Waals surface area contributed by atoms with Crippen molar-refractivity contribution in [2.24, 2.45) is 0 Å². The van der Waals surface area contributed by atoms with Gasteiger partial charge >= 0.3 is 5.97 Å². The number of nitrogen functional groups attached to an aromatic ring is 1. The van der Waals surface area contributed by atoms with E-state index >= 15 is 0 Å². The van der Waals surface area contributed by atoms with Crippen molar-refractivity contribution >= 4 is 23.3 Å². The lowest BCUT2D eigenvalue weighted by atomic mass is 10.1. The highest BCUT2D eigenvalue weighted by molar-refractivity contribution is 6.33. The Labute approximate surface area is 118 Å². The molecule has 0 aliphatic rings. The summed E-state index contributed by atoms with van der Waals surface area (Å²) in [7, 11) is 0. The molecule has 0 bridgehead atoms. The van der Waals surface area contributed by atoms with E-state index in [1.807, 2.05) is 6.92 Å². The van der Waals surface area contributed by atoms with Crippen LogP contribution in [0.1, 0.15) is 44.0 Å². The summed E-state index contributed by atoms with van der Waals surface area (Å²) in [5, 5.41) is 0.325. The Morgan fingerprint density at radius 2 is 2.11 bits per heavy atom. The van der Waals surface area contributed by atoms with E-state index in [9.17, 15) is 4.79 Å². The van der Waals surface area contributed by atoms with Crippen molar-refractivity contribution < 1.29 is 14.3 Å². The Bertz CT molecular complexity index is 449. The third kappa shape index (κ3) is 4.31. The van der Waals surface area contributed by atoms with Crippen LogP contribution < -0.4 is 10.5 Å². The molecule has 1 atom stereocenters. The number of rotatable bonds is 6. The Morgan fingerprint density at radius 3 is 2.68 bits per heavy atom. The molecule has 1 unspecified atom stereocenters. The van der Waals surface area contributed by atoms with Crippen molar-refractivity contribution in [3.05, 3.63) is 22.7 Å². The van der Waals surface area contributed by atoms with E-state index in [2.05, 4.69) is 6.92 Å². The van der Waals surface area contributed by atoms with E-state index in [1.165, 1.54) is 6.07 Å². The van der Waals surface area contributed by atoms with E-state index in [1.54, 1.807) is 13.0 Å². The van der Waals surface area contributed by atoms with Gasteiger partial charge in [-0.15, -0.1) is 0 Å². The number of anilines is 1. The van der Waals surface area contributed by atoms with Gasteiger partial charge in [0.1, 0.15) is 5.56 Å². The first-order valence-corrected chi connectivity index (χ1v) is 6.80. The van der Waals surface area contributed by atoms with E-state index in [0.717, 1.165) is 12.8 Å². The van der Waals surface area contributed by atoms with Gasteiger partial charge in [-0.1, -0.05) is 24.9 Å². The molecule has 1 aromatic rings. The van der Waals surface area contributed by atoms with Crippen LogP contribution in [0.15, 0.2) is 12.1 Å². The number of halogens is 1. The molecule has 0 radical (unpaired) electrons. The quantitative estimate of drug-likeness (QED) is 0.640. The molecule has 0 heterocycles. The fourth-order valence-corrected chi connectivity index (χ4v) is 2.03. The fourth-order valence-electron chi connectivity index (χ4n) is 1.76. The molecular weight excluding hydrogens is 266 g/mol. The molecule has 0 spiro atoms. The summed E-state index contributed by atoms with van der Waals surface area (Å²) < 4.78 is 10.7. The molecule has 106 valence electrons. The first-order valence-electron chi connectivity index (χ1n) is 6.42. The molecule has 4 nitrogen and oxygen atoms in total. The minimum absolute atomic E-state index is 0.0284. The number of carbonyl (C=O) groups excluding carboxylic acids is 1. The molecule has 0 fully saturated rings. The second-order valence-corrected chi connectivity index (χ2v) is 4.72. The molecule has 0 aromatic heterocycles. The average molecular weight is 286 g/mol. The van der Waals surface area contributed by atoms with E-state index < -0.39 is 5.97 Å². The van der Waals surface area contributed by atoms with Crippen LogP contribution in [-0.2, 0) is 4.74 Å². The summed E-state index contributed by atoms with van der Waals surface area (Å²) in [5.74, 6) is -0.134. The van der Waals surface area contributed by atoms with Crippen molar-refractivity contribution in [2.75, 3.05) is 12.3 Å². The van der Waals surface area contributed by atoms with E-state index in [4.69, 9.17) is 26.8 Å².